The first-order chi connectivity index (χ1) is 9.52. The van der Waals surface area contributed by atoms with Crippen LogP contribution >= 0.6 is 12.4 Å². The molecule has 1 N–H and O–H groups in total. The van der Waals surface area contributed by atoms with Crippen molar-refractivity contribution >= 4 is 18.3 Å². The third kappa shape index (κ3) is 5.32. The molecule has 2 fully saturated rings. The van der Waals surface area contributed by atoms with Crippen molar-refractivity contribution in [1.82, 2.24) is 15.1 Å². The molecule has 8 heteroatoms. The minimum absolute atomic E-state index is 0. The van der Waals surface area contributed by atoms with Crippen LogP contribution in [0.2, 0.25) is 0 Å². The van der Waals surface area contributed by atoms with Crippen molar-refractivity contribution < 1.29 is 18.3 Å². The fourth-order valence-electron chi connectivity index (χ4n) is 2.75. The lowest BCUT2D eigenvalue weighted by molar-refractivity contribution is -0.133. The van der Waals surface area contributed by atoms with Gasteiger partial charge in [0.2, 0.25) is 5.91 Å². The van der Waals surface area contributed by atoms with Gasteiger partial charge in [-0.25, -0.2) is 8.78 Å². The third-order valence-electron chi connectivity index (χ3n) is 3.92. The van der Waals surface area contributed by atoms with E-state index < -0.39 is 18.5 Å². The standard InChI is InChI=1S/C13H23F2N3O2.ClH/c1-20-8-7-17-3-2-4-18(6-5-17)12(19)11-9-13(14,15)10-16-11;/h11,16H,2-10H2,1H3;1H. The van der Waals surface area contributed by atoms with Gasteiger partial charge in [0.1, 0.15) is 0 Å². The Bertz CT molecular complexity index is 347. The Hall–Kier alpha value is -0.500. The molecule has 0 aromatic heterocycles. The Morgan fingerprint density at radius 2 is 2.10 bits per heavy atom. The van der Waals surface area contributed by atoms with Gasteiger partial charge >= 0.3 is 0 Å². The zero-order chi connectivity index (χ0) is 14.6. The first-order valence-electron chi connectivity index (χ1n) is 7.13. The number of hydrogen-bond acceptors (Lipinski definition) is 4. The van der Waals surface area contributed by atoms with Crippen molar-refractivity contribution in [2.75, 3.05) is 53.0 Å². The normalized spacial score (nSPS) is 26.2. The van der Waals surface area contributed by atoms with Gasteiger partial charge in [0.25, 0.3) is 5.92 Å². The molecule has 0 aromatic rings. The molecule has 0 saturated carbocycles. The average Bonchev–Trinajstić information content (AvgIpc) is 2.64. The largest absolute Gasteiger partial charge is 0.383 e. The van der Waals surface area contributed by atoms with Crippen LogP contribution < -0.4 is 5.32 Å². The predicted molar refractivity (Wildman–Crippen MR) is 78.1 cm³/mol. The van der Waals surface area contributed by atoms with Gasteiger partial charge in [-0.1, -0.05) is 0 Å². The average molecular weight is 328 g/mol. The maximum Gasteiger partial charge on any atom is 0.262 e. The number of nitrogens with zero attached hydrogens (tertiary/aromatic N) is 2. The second-order valence-electron chi connectivity index (χ2n) is 5.51. The summed E-state index contributed by atoms with van der Waals surface area (Å²) in [6.45, 7) is 4.07. The second kappa shape index (κ2) is 8.22. The van der Waals surface area contributed by atoms with E-state index in [0.29, 0.717) is 19.7 Å². The molecule has 0 aliphatic carbocycles. The van der Waals surface area contributed by atoms with Crippen LogP contribution in [0, 0.1) is 0 Å². The van der Waals surface area contributed by atoms with E-state index in [1.807, 2.05) is 0 Å². The van der Waals surface area contributed by atoms with Gasteiger partial charge in [-0.2, -0.15) is 0 Å². The van der Waals surface area contributed by atoms with Crippen molar-refractivity contribution in [3.8, 4) is 0 Å². The van der Waals surface area contributed by atoms with Crippen molar-refractivity contribution in [2.45, 2.75) is 24.8 Å². The maximum atomic E-state index is 13.1. The van der Waals surface area contributed by atoms with Gasteiger partial charge < -0.3 is 9.64 Å². The van der Waals surface area contributed by atoms with Crippen LogP contribution in [0.5, 0.6) is 0 Å². The molecule has 1 atom stereocenters. The summed E-state index contributed by atoms with van der Waals surface area (Å²) in [7, 11) is 1.67. The highest BCUT2D eigenvalue weighted by atomic mass is 35.5. The molecule has 5 nitrogen and oxygen atoms in total. The Morgan fingerprint density at radius 1 is 1.33 bits per heavy atom. The summed E-state index contributed by atoms with van der Waals surface area (Å²) in [5, 5.41) is 2.64. The number of carbonyl (C=O) groups excluding carboxylic acids is 1. The van der Waals surface area contributed by atoms with Crippen LogP contribution in [0.4, 0.5) is 8.78 Å². The van der Waals surface area contributed by atoms with Crippen LogP contribution in [-0.2, 0) is 9.53 Å². The quantitative estimate of drug-likeness (QED) is 0.821. The molecule has 0 bridgehead atoms. The van der Waals surface area contributed by atoms with E-state index in [2.05, 4.69) is 10.2 Å². The SMILES string of the molecule is COCCN1CCCN(C(=O)C2CC(F)(F)CN2)CC1.Cl. The molecule has 2 heterocycles. The Morgan fingerprint density at radius 3 is 2.71 bits per heavy atom. The number of carbonyl (C=O) groups is 1. The molecule has 0 aromatic carbocycles. The van der Waals surface area contributed by atoms with Crippen molar-refractivity contribution in [3.63, 3.8) is 0 Å². The van der Waals surface area contributed by atoms with Gasteiger partial charge in [0.15, 0.2) is 0 Å². The number of ether oxygens (including phenoxy) is 1. The lowest BCUT2D eigenvalue weighted by Crippen LogP contribution is -2.45. The van der Waals surface area contributed by atoms with Crippen molar-refractivity contribution in [3.05, 3.63) is 0 Å². The molecule has 2 aliphatic rings. The summed E-state index contributed by atoms with van der Waals surface area (Å²) < 4.78 is 31.3. The lowest BCUT2D eigenvalue weighted by atomic mass is 10.1. The van der Waals surface area contributed by atoms with E-state index in [1.165, 1.54) is 0 Å². The zero-order valence-corrected chi connectivity index (χ0v) is 13.1. The molecule has 1 amide bonds. The molecule has 0 spiro atoms. The number of hydrogen-bond donors (Lipinski definition) is 1. The van der Waals surface area contributed by atoms with Crippen molar-refractivity contribution in [1.29, 1.82) is 0 Å². The fraction of sp³-hybridized carbons (Fsp3) is 0.923. The Balaban J connectivity index is 0.00000220. The van der Waals surface area contributed by atoms with Crippen LogP contribution in [0.15, 0.2) is 0 Å². The number of amides is 1. The number of methoxy groups -OCH3 is 1. The fourth-order valence-corrected chi connectivity index (χ4v) is 2.75. The minimum atomic E-state index is -2.75. The van der Waals surface area contributed by atoms with Gasteiger partial charge in [-0.3, -0.25) is 15.0 Å². The van der Waals surface area contributed by atoms with E-state index in [-0.39, 0.29) is 24.7 Å². The number of alkyl halides is 2. The summed E-state index contributed by atoms with van der Waals surface area (Å²) in [5.74, 6) is -2.94. The molecular weight excluding hydrogens is 304 g/mol. The molecule has 1 unspecified atom stereocenters. The van der Waals surface area contributed by atoms with E-state index >= 15 is 0 Å². The predicted octanol–water partition coefficient (Wildman–Crippen LogP) is 0.586. The van der Waals surface area contributed by atoms with E-state index in [4.69, 9.17) is 4.74 Å². The summed E-state index contributed by atoms with van der Waals surface area (Å²) in [6, 6.07) is -0.726. The summed E-state index contributed by atoms with van der Waals surface area (Å²) in [6.07, 6.45) is 0.494. The summed E-state index contributed by atoms with van der Waals surface area (Å²) in [4.78, 5) is 16.2. The van der Waals surface area contributed by atoms with Crippen LogP contribution in [0.3, 0.4) is 0 Å². The topological polar surface area (TPSA) is 44.8 Å². The zero-order valence-electron chi connectivity index (χ0n) is 12.3. The first kappa shape index (κ1) is 18.5. The molecule has 2 rings (SSSR count). The summed E-state index contributed by atoms with van der Waals surface area (Å²) >= 11 is 0. The van der Waals surface area contributed by atoms with Gasteiger partial charge in [-0.05, 0) is 13.0 Å². The van der Waals surface area contributed by atoms with Gasteiger partial charge in [0.05, 0.1) is 19.2 Å². The van der Waals surface area contributed by atoms with Crippen LogP contribution in [0.25, 0.3) is 0 Å². The highest BCUT2D eigenvalue weighted by Gasteiger charge is 2.43. The van der Waals surface area contributed by atoms with Gasteiger partial charge in [0, 0.05) is 39.7 Å². The van der Waals surface area contributed by atoms with Gasteiger partial charge in [-0.15, -0.1) is 12.4 Å². The highest BCUT2D eigenvalue weighted by molar-refractivity contribution is 5.85. The second-order valence-corrected chi connectivity index (χ2v) is 5.51. The maximum absolute atomic E-state index is 13.1. The highest BCUT2D eigenvalue weighted by Crippen LogP contribution is 2.26. The van der Waals surface area contributed by atoms with Crippen LogP contribution in [-0.4, -0.2) is 80.7 Å². The van der Waals surface area contributed by atoms with E-state index in [0.717, 1.165) is 26.1 Å². The van der Waals surface area contributed by atoms with E-state index in [9.17, 15) is 13.6 Å². The molecule has 2 aliphatic heterocycles. The van der Waals surface area contributed by atoms with Crippen LogP contribution in [0.1, 0.15) is 12.8 Å². The monoisotopic (exact) mass is 327 g/mol. The molecule has 21 heavy (non-hydrogen) atoms. The van der Waals surface area contributed by atoms with E-state index in [1.54, 1.807) is 12.0 Å². The lowest BCUT2D eigenvalue weighted by Gasteiger charge is -2.24. The number of halogens is 3. The Kier molecular flexibility index (Phi) is 7.26. The molecule has 2 saturated heterocycles. The molecule has 124 valence electrons. The third-order valence-corrected chi connectivity index (χ3v) is 3.92. The molecular formula is C13H24ClF2N3O2. The Labute approximate surface area is 130 Å². The number of nitrogens with one attached hydrogen (secondary N) is 1. The smallest absolute Gasteiger partial charge is 0.262 e. The number of rotatable bonds is 4. The molecule has 0 radical (unpaired) electrons. The van der Waals surface area contributed by atoms with Crippen molar-refractivity contribution in [2.24, 2.45) is 0 Å². The summed E-state index contributed by atoms with van der Waals surface area (Å²) in [5.41, 5.74) is 0. The minimum Gasteiger partial charge on any atom is -0.383 e. The first-order valence-corrected chi connectivity index (χ1v) is 7.13.